The lowest BCUT2D eigenvalue weighted by Gasteiger charge is -2.34. The number of carbonyl (C=O) groups is 1. The third kappa shape index (κ3) is 5.08. The quantitative estimate of drug-likeness (QED) is 0.548. The van der Waals surface area contributed by atoms with Crippen molar-refractivity contribution in [3.8, 4) is 0 Å². The molecule has 0 radical (unpaired) electrons. The molecular weight excluding hydrogens is 403 g/mol. The van der Waals surface area contributed by atoms with Crippen LogP contribution in [0.4, 0.5) is 14.9 Å². The van der Waals surface area contributed by atoms with Crippen molar-refractivity contribution in [2.75, 3.05) is 6.54 Å². The maximum Gasteiger partial charge on any atom is 0.421 e. The van der Waals surface area contributed by atoms with Crippen LogP contribution < -0.4 is 0 Å². The van der Waals surface area contributed by atoms with Crippen molar-refractivity contribution in [2.45, 2.75) is 31.6 Å². The monoisotopic (exact) mass is 424 g/mol. The van der Waals surface area contributed by atoms with Gasteiger partial charge in [0.2, 0.25) is 0 Å². The molecule has 0 aliphatic rings. The SMILES string of the molecule is CC(C)(C)C(CN(C(=O)O)S(=O)(=O)c1cccc(F)c1)c1ccc([N+](=O)[O-])cc1. The minimum absolute atomic E-state index is 0.135. The summed E-state index contributed by atoms with van der Waals surface area (Å²) in [6.07, 6.45) is -1.70. The maximum absolute atomic E-state index is 13.5. The molecule has 0 bridgehead atoms. The molecule has 0 aromatic heterocycles. The Morgan fingerprint density at radius 2 is 1.79 bits per heavy atom. The van der Waals surface area contributed by atoms with E-state index < -0.39 is 49.6 Å². The van der Waals surface area contributed by atoms with Crippen LogP contribution in [0.2, 0.25) is 0 Å². The van der Waals surface area contributed by atoms with Gasteiger partial charge in [0.25, 0.3) is 15.7 Å². The van der Waals surface area contributed by atoms with E-state index in [0.29, 0.717) is 5.56 Å². The molecule has 0 spiro atoms. The van der Waals surface area contributed by atoms with Gasteiger partial charge < -0.3 is 5.11 Å². The fourth-order valence-electron chi connectivity index (χ4n) is 2.91. The number of amides is 1. The van der Waals surface area contributed by atoms with Crippen molar-refractivity contribution in [3.05, 3.63) is 70.0 Å². The number of benzene rings is 2. The standard InChI is InChI=1S/C19H21FN2O6S/c1-19(2,3)17(13-7-9-15(10-8-13)22(25)26)12-21(18(23)24)29(27,28)16-6-4-5-14(20)11-16/h4-11,17H,12H2,1-3H3,(H,23,24). The number of hydrogen-bond acceptors (Lipinski definition) is 5. The minimum atomic E-state index is -4.52. The molecule has 1 unspecified atom stereocenters. The molecule has 10 heteroatoms. The number of rotatable bonds is 6. The lowest BCUT2D eigenvalue weighted by atomic mass is 9.76. The van der Waals surface area contributed by atoms with E-state index in [4.69, 9.17) is 0 Å². The van der Waals surface area contributed by atoms with Gasteiger partial charge in [-0.05, 0) is 29.2 Å². The number of nitro groups is 1. The molecule has 1 amide bonds. The third-order valence-corrected chi connectivity index (χ3v) is 6.23. The van der Waals surface area contributed by atoms with Gasteiger partial charge in [0.05, 0.1) is 9.82 Å². The van der Waals surface area contributed by atoms with Gasteiger partial charge in [0.1, 0.15) is 5.82 Å². The Kier molecular flexibility index (Phi) is 6.27. The van der Waals surface area contributed by atoms with Gasteiger partial charge in [-0.3, -0.25) is 10.1 Å². The molecule has 0 aliphatic heterocycles. The summed E-state index contributed by atoms with van der Waals surface area (Å²) in [4.78, 5) is 21.6. The van der Waals surface area contributed by atoms with Crippen LogP contribution in [0, 0.1) is 21.3 Å². The van der Waals surface area contributed by atoms with Crippen molar-refractivity contribution in [2.24, 2.45) is 5.41 Å². The number of carboxylic acid groups (broad SMARTS) is 1. The lowest BCUT2D eigenvalue weighted by molar-refractivity contribution is -0.384. The number of non-ortho nitro benzene ring substituents is 1. The summed E-state index contributed by atoms with van der Waals surface area (Å²) in [6, 6.07) is 9.61. The van der Waals surface area contributed by atoms with E-state index in [1.54, 1.807) is 20.8 Å². The van der Waals surface area contributed by atoms with Gasteiger partial charge >= 0.3 is 6.09 Å². The highest BCUT2D eigenvalue weighted by molar-refractivity contribution is 7.89. The van der Waals surface area contributed by atoms with Gasteiger partial charge in [0, 0.05) is 24.6 Å². The highest BCUT2D eigenvalue weighted by atomic mass is 32.2. The first-order chi connectivity index (χ1) is 13.3. The van der Waals surface area contributed by atoms with Crippen molar-refractivity contribution < 1.29 is 27.6 Å². The molecule has 156 valence electrons. The van der Waals surface area contributed by atoms with E-state index in [0.717, 1.165) is 18.2 Å². The molecule has 0 fully saturated rings. The minimum Gasteiger partial charge on any atom is -0.464 e. The van der Waals surface area contributed by atoms with E-state index in [2.05, 4.69) is 0 Å². The zero-order chi connectivity index (χ0) is 22.0. The topological polar surface area (TPSA) is 118 Å². The van der Waals surface area contributed by atoms with Gasteiger partial charge in [-0.25, -0.2) is 17.6 Å². The van der Waals surface area contributed by atoms with Crippen LogP contribution >= 0.6 is 0 Å². The summed E-state index contributed by atoms with van der Waals surface area (Å²) < 4.78 is 39.5. The van der Waals surface area contributed by atoms with Crippen molar-refractivity contribution in [1.29, 1.82) is 0 Å². The number of nitrogens with zero attached hydrogens (tertiary/aromatic N) is 2. The number of nitro benzene ring substituents is 1. The van der Waals surface area contributed by atoms with Crippen LogP contribution in [-0.2, 0) is 10.0 Å². The summed E-state index contributed by atoms with van der Waals surface area (Å²) in [7, 11) is -4.52. The highest BCUT2D eigenvalue weighted by Crippen LogP contribution is 2.37. The molecule has 1 N–H and O–H groups in total. The molecule has 2 rings (SSSR count). The van der Waals surface area contributed by atoms with Gasteiger partial charge in [-0.2, -0.15) is 4.31 Å². The van der Waals surface area contributed by atoms with Crippen LogP contribution in [0.1, 0.15) is 32.3 Å². The van der Waals surface area contributed by atoms with Crippen molar-refractivity contribution in [1.82, 2.24) is 4.31 Å². The molecule has 0 heterocycles. The predicted molar refractivity (Wildman–Crippen MR) is 104 cm³/mol. The molecular formula is C19H21FN2O6S. The van der Waals surface area contributed by atoms with Crippen LogP contribution in [-0.4, -0.2) is 35.4 Å². The van der Waals surface area contributed by atoms with Gasteiger partial charge in [0.15, 0.2) is 0 Å². The Morgan fingerprint density at radius 1 is 1.21 bits per heavy atom. The van der Waals surface area contributed by atoms with Crippen molar-refractivity contribution >= 4 is 21.8 Å². The maximum atomic E-state index is 13.5. The van der Waals surface area contributed by atoms with Gasteiger partial charge in [-0.1, -0.05) is 39.0 Å². The van der Waals surface area contributed by atoms with Crippen LogP contribution in [0.3, 0.4) is 0 Å². The average Bonchev–Trinajstić information content (AvgIpc) is 2.60. The first kappa shape index (κ1) is 22.3. The van der Waals surface area contributed by atoms with Crippen LogP contribution in [0.25, 0.3) is 0 Å². The molecule has 0 aliphatic carbocycles. The largest absolute Gasteiger partial charge is 0.464 e. The molecule has 2 aromatic rings. The lowest BCUT2D eigenvalue weighted by Crippen LogP contribution is -2.41. The van der Waals surface area contributed by atoms with E-state index >= 15 is 0 Å². The number of hydrogen-bond donors (Lipinski definition) is 1. The fourth-order valence-corrected chi connectivity index (χ4v) is 4.22. The van der Waals surface area contributed by atoms with Gasteiger partial charge in [-0.15, -0.1) is 0 Å². The zero-order valence-electron chi connectivity index (χ0n) is 16.1. The summed E-state index contributed by atoms with van der Waals surface area (Å²) in [5, 5.41) is 20.5. The first-order valence-corrected chi connectivity index (χ1v) is 10.0. The highest BCUT2D eigenvalue weighted by Gasteiger charge is 2.36. The molecule has 0 saturated carbocycles. The van der Waals surface area contributed by atoms with Crippen molar-refractivity contribution in [3.63, 3.8) is 0 Å². The summed E-state index contributed by atoms with van der Waals surface area (Å²) in [6.45, 7) is 4.96. The Bertz CT molecular complexity index is 1020. The second kappa shape index (κ2) is 8.16. The number of halogens is 1. The number of sulfonamides is 1. The normalized spacial score (nSPS) is 13.0. The Labute approximate surface area is 167 Å². The fraction of sp³-hybridized carbons (Fsp3) is 0.316. The van der Waals surface area contributed by atoms with E-state index in [1.165, 1.54) is 30.3 Å². The summed E-state index contributed by atoms with van der Waals surface area (Å²) >= 11 is 0. The van der Waals surface area contributed by atoms with Crippen LogP contribution in [0.15, 0.2) is 53.4 Å². The van der Waals surface area contributed by atoms with Crippen LogP contribution in [0.5, 0.6) is 0 Å². The second-order valence-corrected chi connectivity index (χ2v) is 9.41. The second-order valence-electron chi connectivity index (χ2n) is 7.54. The zero-order valence-corrected chi connectivity index (χ0v) is 16.9. The molecule has 2 aromatic carbocycles. The predicted octanol–water partition coefficient (Wildman–Crippen LogP) is 4.23. The van der Waals surface area contributed by atoms with E-state index in [1.807, 2.05) is 0 Å². The van der Waals surface area contributed by atoms with E-state index in [9.17, 15) is 32.8 Å². The smallest absolute Gasteiger partial charge is 0.421 e. The third-order valence-electron chi connectivity index (χ3n) is 4.50. The molecule has 1 atom stereocenters. The average molecular weight is 424 g/mol. The molecule has 0 saturated heterocycles. The Morgan fingerprint density at radius 3 is 2.24 bits per heavy atom. The first-order valence-electron chi connectivity index (χ1n) is 8.59. The Balaban J connectivity index is 2.48. The summed E-state index contributed by atoms with van der Waals surface area (Å²) in [5.41, 5.74) is -0.172. The van der Waals surface area contributed by atoms with E-state index in [-0.39, 0.29) is 9.99 Å². The summed E-state index contributed by atoms with van der Waals surface area (Å²) in [5.74, 6) is -1.41. The molecule has 8 nitrogen and oxygen atoms in total. The Hall–Kier alpha value is -3.01. The molecule has 29 heavy (non-hydrogen) atoms.